The average Bonchev–Trinajstić information content (AvgIpc) is 2.41. The monoisotopic (exact) mass is 258 g/mol. The Bertz CT molecular complexity index is 448. The first-order valence-corrected chi connectivity index (χ1v) is 6.90. The van der Waals surface area contributed by atoms with E-state index < -0.39 is 11.7 Å². The first-order chi connectivity index (χ1) is 9.12. The van der Waals surface area contributed by atoms with Crippen molar-refractivity contribution in [1.82, 2.24) is 0 Å². The summed E-state index contributed by atoms with van der Waals surface area (Å²) in [6.07, 6.45) is 8.82. The molecule has 0 aliphatic heterocycles. The Morgan fingerprint density at radius 2 is 1.95 bits per heavy atom. The predicted molar refractivity (Wildman–Crippen MR) is 78.2 cm³/mol. The lowest BCUT2D eigenvalue weighted by molar-refractivity contribution is -0.00418. The molecule has 0 bridgehead atoms. The van der Waals surface area contributed by atoms with Crippen LogP contribution < -0.4 is 4.74 Å². The normalized spacial score (nSPS) is 25.8. The summed E-state index contributed by atoms with van der Waals surface area (Å²) in [4.78, 5) is 0. The van der Waals surface area contributed by atoms with E-state index in [0.717, 1.165) is 18.6 Å². The van der Waals surface area contributed by atoms with E-state index in [1.807, 2.05) is 48.6 Å². The van der Waals surface area contributed by atoms with Crippen LogP contribution in [0.3, 0.4) is 0 Å². The lowest BCUT2D eigenvalue weighted by Crippen LogP contribution is -2.46. The second-order valence-electron chi connectivity index (χ2n) is 5.49. The van der Waals surface area contributed by atoms with E-state index >= 15 is 0 Å². The molecule has 102 valence electrons. The molecule has 2 rings (SSSR count). The van der Waals surface area contributed by atoms with Gasteiger partial charge in [0.2, 0.25) is 0 Å². The van der Waals surface area contributed by atoms with Crippen LogP contribution in [0.4, 0.5) is 0 Å². The summed E-state index contributed by atoms with van der Waals surface area (Å²) < 4.78 is 6.12. The highest BCUT2D eigenvalue weighted by molar-refractivity contribution is 5.29. The van der Waals surface area contributed by atoms with Crippen molar-refractivity contribution >= 4 is 0 Å². The lowest BCUT2D eigenvalue weighted by atomic mass is 9.85. The molecule has 0 saturated carbocycles. The zero-order valence-electron chi connectivity index (χ0n) is 11.6. The van der Waals surface area contributed by atoms with E-state index in [1.165, 1.54) is 0 Å². The first-order valence-electron chi connectivity index (χ1n) is 6.90. The van der Waals surface area contributed by atoms with Crippen molar-refractivity contribution in [2.45, 2.75) is 38.4 Å². The second-order valence-corrected chi connectivity index (χ2v) is 5.49. The van der Waals surface area contributed by atoms with Gasteiger partial charge in [0.25, 0.3) is 0 Å². The molecule has 2 atom stereocenters. The summed E-state index contributed by atoms with van der Waals surface area (Å²) >= 11 is 0. The van der Waals surface area contributed by atoms with E-state index in [-0.39, 0.29) is 0 Å². The summed E-state index contributed by atoms with van der Waals surface area (Å²) in [5, 5.41) is 10.3. The zero-order valence-corrected chi connectivity index (χ0v) is 11.6. The van der Waals surface area contributed by atoms with E-state index in [1.54, 1.807) is 6.08 Å². The number of ether oxygens (including phenoxy) is 1. The van der Waals surface area contributed by atoms with Crippen LogP contribution in [0.1, 0.15) is 26.7 Å². The van der Waals surface area contributed by atoms with Gasteiger partial charge in [-0.05, 0) is 37.0 Å². The molecule has 1 aliphatic rings. The van der Waals surface area contributed by atoms with Gasteiger partial charge in [-0.2, -0.15) is 0 Å². The van der Waals surface area contributed by atoms with Crippen molar-refractivity contribution in [1.29, 1.82) is 0 Å². The molecule has 2 heteroatoms. The number of hydrogen-bond acceptors (Lipinski definition) is 2. The van der Waals surface area contributed by atoms with Crippen LogP contribution in [0.25, 0.3) is 0 Å². The van der Waals surface area contributed by atoms with E-state index in [4.69, 9.17) is 4.74 Å². The van der Waals surface area contributed by atoms with Crippen LogP contribution in [-0.2, 0) is 0 Å². The van der Waals surface area contributed by atoms with Gasteiger partial charge in [0.15, 0.2) is 5.60 Å². The standard InChI is InChI=1S/C17H22O2/c1-14(2)11-13-17(12-7-6-10-16(17)18)19-15-8-4-3-5-9-15/h3-10,12,14,16,18H,11,13H2,1-2H3. The number of rotatable bonds is 5. The third-order valence-corrected chi connectivity index (χ3v) is 3.45. The molecule has 2 nitrogen and oxygen atoms in total. The zero-order chi connectivity index (χ0) is 13.7. The Labute approximate surface area is 115 Å². The van der Waals surface area contributed by atoms with Gasteiger partial charge in [-0.3, -0.25) is 0 Å². The fourth-order valence-electron chi connectivity index (χ4n) is 2.25. The van der Waals surface area contributed by atoms with Crippen LogP contribution in [0.15, 0.2) is 54.6 Å². The minimum absolute atomic E-state index is 0.586. The molecule has 0 heterocycles. The average molecular weight is 258 g/mol. The number of aliphatic hydroxyl groups is 1. The molecule has 1 N–H and O–H groups in total. The highest BCUT2D eigenvalue weighted by Gasteiger charge is 2.37. The minimum atomic E-state index is -0.639. The first kappa shape index (κ1) is 13.9. The topological polar surface area (TPSA) is 29.5 Å². The summed E-state index contributed by atoms with van der Waals surface area (Å²) in [7, 11) is 0. The fourth-order valence-corrected chi connectivity index (χ4v) is 2.25. The van der Waals surface area contributed by atoms with Crippen LogP contribution in [0.5, 0.6) is 5.75 Å². The van der Waals surface area contributed by atoms with Gasteiger partial charge in [-0.25, -0.2) is 0 Å². The highest BCUT2D eigenvalue weighted by Crippen LogP contribution is 2.31. The Kier molecular flexibility index (Phi) is 4.43. The van der Waals surface area contributed by atoms with Gasteiger partial charge in [-0.15, -0.1) is 0 Å². The van der Waals surface area contributed by atoms with Gasteiger partial charge < -0.3 is 9.84 Å². The molecule has 1 aliphatic carbocycles. The van der Waals surface area contributed by atoms with Crippen molar-refractivity contribution in [2.24, 2.45) is 5.92 Å². The molecule has 0 amide bonds. The molecule has 0 fully saturated rings. The number of benzene rings is 1. The molecule has 19 heavy (non-hydrogen) atoms. The molecule has 0 radical (unpaired) electrons. The molecular weight excluding hydrogens is 236 g/mol. The smallest absolute Gasteiger partial charge is 0.157 e. The summed E-state index contributed by atoms with van der Waals surface area (Å²) in [5.41, 5.74) is -0.639. The number of allylic oxidation sites excluding steroid dienone is 2. The Hall–Kier alpha value is -1.54. The molecule has 0 spiro atoms. The molecule has 1 aromatic rings. The van der Waals surface area contributed by atoms with Crippen LogP contribution in [-0.4, -0.2) is 16.8 Å². The van der Waals surface area contributed by atoms with Crippen molar-refractivity contribution in [3.63, 3.8) is 0 Å². The number of para-hydroxylation sites is 1. The minimum Gasteiger partial charge on any atom is -0.480 e. The van der Waals surface area contributed by atoms with Gasteiger partial charge in [-0.1, -0.05) is 50.3 Å². The maximum atomic E-state index is 10.3. The second kappa shape index (κ2) is 6.07. The van der Waals surface area contributed by atoms with E-state index in [0.29, 0.717) is 5.92 Å². The van der Waals surface area contributed by atoms with Gasteiger partial charge >= 0.3 is 0 Å². The molecular formula is C17H22O2. The van der Waals surface area contributed by atoms with Crippen molar-refractivity contribution in [2.75, 3.05) is 0 Å². The number of hydrogen-bond donors (Lipinski definition) is 1. The molecule has 2 unspecified atom stereocenters. The maximum absolute atomic E-state index is 10.3. The van der Waals surface area contributed by atoms with Crippen LogP contribution >= 0.6 is 0 Å². The third-order valence-electron chi connectivity index (χ3n) is 3.45. The van der Waals surface area contributed by atoms with E-state index in [2.05, 4.69) is 13.8 Å². The van der Waals surface area contributed by atoms with Crippen molar-refractivity contribution < 1.29 is 9.84 Å². The molecule has 1 aromatic carbocycles. The van der Waals surface area contributed by atoms with E-state index in [9.17, 15) is 5.11 Å². The van der Waals surface area contributed by atoms with Crippen LogP contribution in [0.2, 0.25) is 0 Å². The van der Waals surface area contributed by atoms with Gasteiger partial charge in [0.05, 0.1) is 0 Å². The van der Waals surface area contributed by atoms with Gasteiger partial charge in [0.1, 0.15) is 11.9 Å². The summed E-state index contributed by atoms with van der Waals surface area (Å²) in [6.45, 7) is 4.37. The van der Waals surface area contributed by atoms with Gasteiger partial charge in [0, 0.05) is 0 Å². The quantitative estimate of drug-likeness (QED) is 0.872. The Morgan fingerprint density at radius 3 is 2.58 bits per heavy atom. The Balaban J connectivity index is 2.19. The van der Waals surface area contributed by atoms with Crippen molar-refractivity contribution in [3.05, 3.63) is 54.6 Å². The number of aliphatic hydroxyl groups excluding tert-OH is 1. The third kappa shape index (κ3) is 3.48. The fraction of sp³-hybridized carbons (Fsp3) is 0.412. The molecule has 0 saturated heterocycles. The maximum Gasteiger partial charge on any atom is 0.157 e. The van der Waals surface area contributed by atoms with Crippen LogP contribution in [0, 0.1) is 5.92 Å². The predicted octanol–water partition coefficient (Wildman–Crippen LogP) is 3.73. The molecule has 0 aromatic heterocycles. The SMILES string of the molecule is CC(C)CCC1(Oc2ccccc2)C=CC=CC1O. The highest BCUT2D eigenvalue weighted by atomic mass is 16.5. The lowest BCUT2D eigenvalue weighted by Gasteiger charge is -2.36. The van der Waals surface area contributed by atoms with Crippen molar-refractivity contribution in [3.8, 4) is 5.75 Å². The Morgan fingerprint density at radius 1 is 1.21 bits per heavy atom. The summed E-state index contributed by atoms with van der Waals surface area (Å²) in [6, 6.07) is 9.70. The summed E-state index contributed by atoms with van der Waals surface area (Å²) in [5.74, 6) is 1.38. The largest absolute Gasteiger partial charge is 0.480 e.